The summed E-state index contributed by atoms with van der Waals surface area (Å²) in [5.74, 6) is 0. The third-order valence-electron chi connectivity index (χ3n) is 2.22. The average Bonchev–Trinajstić information content (AvgIpc) is 2.02. The highest BCUT2D eigenvalue weighted by atomic mass is 14.3. The summed E-state index contributed by atoms with van der Waals surface area (Å²) in [5.41, 5.74) is 3.17. The Bertz CT molecular complexity index is 341. The van der Waals surface area contributed by atoms with Crippen molar-refractivity contribution in [1.82, 2.24) is 0 Å². The summed E-state index contributed by atoms with van der Waals surface area (Å²) in [5, 5.41) is 8.98. The fourth-order valence-electron chi connectivity index (χ4n) is 1.40. The molecule has 1 aromatic carbocycles. The molecular formula is C11H14BN. The molecule has 0 saturated carbocycles. The van der Waals surface area contributed by atoms with Gasteiger partial charge >= 0.3 is 0 Å². The van der Waals surface area contributed by atoms with Crippen molar-refractivity contribution in [2.75, 3.05) is 0 Å². The molecule has 0 saturated heterocycles. The van der Waals surface area contributed by atoms with Gasteiger partial charge in [0.05, 0.1) is 11.5 Å². The molecule has 0 aliphatic heterocycles. The number of aryl methyl sites for hydroxylation is 1. The van der Waals surface area contributed by atoms with Crippen LogP contribution in [0.3, 0.4) is 0 Å². The van der Waals surface area contributed by atoms with E-state index in [0.29, 0.717) is 0 Å². The molecule has 0 unspecified atom stereocenters. The molecule has 0 atom stereocenters. The molecule has 0 aliphatic rings. The van der Waals surface area contributed by atoms with Gasteiger partial charge in [-0.3, -0.25) is 0 Å². The molecule has 2 heteroatoms. The van der Waals surface area contributed by atoms with Crippen molar-refractivity contribution < 1.29 is 0 Å². The molecule has 1 rings (SSSR count). The number of hydrogen-bond donors (Lipinski definition) is 0. The number of rotatable bonds is 1. The molecule has 0 fully saturated rings. The minimum absolute atomic E-state index is 0.378. The summed E-state index contributed by atoms with van der Waals surface area (Å²) in [6.45, 7) is 5.95. The number of nitrogens with zero attached hydrogens (tertiary/aromatic N) is 1. The highest BCUT2D eigenvalue weighted by Gasteiger charge is 2.19. The van der Waals surface area contributed by atoms with Crippen LogP contribution in [0, 0.1) is 18.3 Å². The number of nitriles is 1. The van der Waals surface area contributed by atoms with Crippen molar-refractivity contribution >= 4 is 13.3 Å². The van der Waals surface area contributed by atoms with Crippen LogP contribution in [0.4, 0.5) is 0 Å². The van der Waals surface area contributed by atoms with E-state index in [1.165, 1.54) is 11.0 Å². The zero-order valence-electron chi connectivity index (χ0n) is 8.68. The Balaban J connectivity index is 3.25. The quantitative estimate of drug-likeness (QED) is 0.579. The van der Waals surface area contributed by atoms with Crippen molar-refractivity contribution in [1.29, 1.82) is 5.26 Å². The van der Waals surface area contributed by atoms with Gasteiger partial charge in [0.15, 0.2) is 0 Å². The van der Waals surface area contributed by atoms with Gasteiger partial charge in [0, 0.05) is 0 Å². The van der Waals surface area contributed by atoms with Gasteiger partial charge in [-0.2, -0.15) is 5.26 Å². The van der Waals surface area contributed by atoms with Crippen molar-refractivity contribution in [2.24, 2.45) is 0 Å². The van der Waals surface area contributed by atoms with Gasteiger partial charge in [-0.1, -0.05) is 29.2 Å². The summed E-state index contributed by atoms with van der Waals surface area (Å²) in [6, 6.07) is 8.59. The van der Waals surface area contributed by atoms with Gasteiger partial charge in [0.25, 0.3) is 0 Å². The lowest BCUT2D eigenvalue weighted by Gasteiger charge is -2.17. The maximum Gasteiger partial charge on any atom is 0.139 e. The fourth-order valence-corrected chi connectivity index (χ4v) is 1.40. The molecule has 0 amide bonds. The largest absolute Gasteiger partial charge is 0.197 e. The maximum absolute atomic E-state index is 8.98. The topological polar surface area (TPSA) is 23.8 Å². The van der Waals surface area contributed by atoms with E-state index in [4.69, 9.17) is 5.26 Å². The van der Waals surface area contributed by atoms with E-state index in [2.05, 4.69) is 39.0 Å². The van der Waals surface area contributed by atoms with E-state index >= 15 is 0 Å². The Hall–Kier alpha value is -1.23. The Morgan fingerprint density at radius 2 is 1.92 bits per heavy atom. The average molecular weight is 171 g/mol. The predicted molar refractivity (Wildman–Crippen MR) is 58.0 cm³/mol. The van der Waals surface area contributed by atoms with Crippen LogP contribution in [0.5, 0.6) is 0 Å². The van der Waals surface area contributed by atoms with E-state index in [0.717, 1.165) is 5.56 Å². The minimum atomic E-state index is -0.378. The molecule has 1 aromatic rings. The Kier molecular flexibility index (Phi) is 2.47. The second-order valence-electron chi connectivity index (χ2n) is 4.11. The molecule has 66 valence electrons. The van der Waals surface area contributed by atoms with E-state index in [1.807, 2.05) is 13.8 Å². The molecule has 0 aromatic heterocycles. The third kappa shape index (κ3) is 2.12. The van der Waals surface area contributed by atoms with Gasteiger partial charge in [-0.25, -0.2) is 0 Å². The monoisotopic (exact) mass is 171 g/mol. The van der Waals surface area contributed by atoms with Gasteiger partial charge in [0.1, 0.15) is 7.85 Å². The van der Waals surface area contributed by atoms with Crippen LogP contribution in [0.1, 0.15) is 25.0 Å². The summed E-state index contributed by atoms with van der Waals surface area (Å²) in [4.78, 5) is 0. The second kappa shape index (κ2) is 3.26. The third-order valence-corrected chi connectivity index (χ3v) is 2.22. The zero-order valence-corrected chi connectivity index (χ0v) is 8.68. The predicted octanol–water partition coefficient (Wildman–Crippen LogP) is 1.05. The van der Waals surface area contributed by atoms with Crippen molar-refractivity contribution in [3.63, 3.8) is 0 Å². The smallest absolute Gasteiger partial charge is 0.139 e. The molecule has 0 spiro atoms. The first-order valence-corrected chi connectivity index (χ1v) is 4.46. The van der Waals surface area contributed by atoms with E-state index in [9.17, 15) is 0 Å². The van der Waals surface area contributed by atoms with Gasteiger partial charge in [-0.15, -0.1) is 0 Å². The molecular weight excluding hydrogens is 157 g/mol. The summed E-state index contributed by atoms with van der Waals surface area (Å²) < 4.78 is 0. The number of hydrogen-bond acceptors (Lipinski definition) is 1. The van der Waals surface area contributed by atoms with E-state index in [1.54, 1.807) is 0 Å². The lowest BCUT2D eigenvalue weighted by molar-refractivity contribution is 0.687. The Labute approximate surface area is 80.8 Å². The summed E-state index contributed by atoms with van der Waals surface area (Å²) in [7, 11) is 2.06. The van der Waals surface area contributed by atoms with Crippen molar-refractivity contribution in [3.05, 3.63) is 29.3 Å². The molecule has 0 radical (unpaired) electrons. The molecule has 0 heterocycles. The highest BCUT2D eigenvalue weighted by molar-refractivity contribution is 6.32. The molecule has 0 aliphatic carbocycles. The molecule has 13 heavy (non-hydrogen) atoms. The fraction of sp³-hybridized carbons (Fsp3) is 0.364. The van der Waals surface area contributed by atoms with Crippen molar-refractivity contribution in [3.8, 4) is 6.07 Å². The van der Waals surface area contributed by atoms with Gasteiger partial charge < -0.3 is 0 Å². The first-order chi connectivity index (χ1) is 5.95. The zero-order chi connectivity index (χ0) is 10.1. The van der Waals surface area contributed by atoms with Gasteiger partial charge in [-0.05, 0) is 26.3 Å². The van der Waals surface area contributed by atoms with Crippen molar-refractivity contribution in [2.45, 2.75) is 26.2 Å². The lowest BCUT2D eigenvalue weighted by Crippen LogP contribution is -2.17. The first kappa shape index (κ1) is 9.86. The Morgan fingerprint density at radius 1 is 1.31 bits per heavy atom. The van der Waals surface area contributed by atoms with Crippen LogP contribution in [0.2, 0.25) is 0 Å². The van der Waals surface area contributed by atoms with Crippen LogP contribution in [0.25, 0.3) is 0 Å². The summed E-state index contributed by atoms with van der Waals surface area (Å²) in [6.07, 6.45) is 0. The Morgan fingerprint density at radius 3 is 2.38 bits per heavy atom. The number of benzene rings is 1. The standard InChI is InChI=1S/C11H14BN/c1-8-4-9(6-10(12)5-8)11(2,3)7-13/h4-6H,12H2,1-3H3. The maximum atomic E-state index is 8.98. The highest BCUT2D eigenvalue weighted by Crippen LogP contribution is 2.21. The van der Waals surface area contributed by atoms with Crippen LogP contribution < -0.4 is 5.46 Å². The van der Waals surface area contributed by atoms with Crippen LogP contribution >= 0.6 is 0 Å². The SMILES string of the molecule is Bc1cc(C)cc(C(C)(C)C#N)c1. The summed E-state index contributed by atoms with van der Waals surface area (Å²) >= 11 is 0. The van der Waals surface area contributed by atoms with E-state index in [-0.39, 0.29) is 5.41 Å². The van der Waals surface area contributed by atoms with Gasteiger partial charge in [0.2, 0.25) is 0 Å². The van der Waals surface area contributed by atoms with Crippen LogP contribution in [-0.2, 0) is 5.41 Å². The lowest BCUT2D eigenvalue weighted by atomic mass is 9.81. The normalized spacial score (nSPS) is 10.9. The molecule has 0 bridgehead atoms. The van der Waals surface area contributed by atoms with Crippen LogP contribution in [-0.4, -0.2) is 7.85 Å². The minimum Gasteiger partial charge on any atom is -0.197 e. The molecule has 1 nitrogen and oxygen atoms in total. The molecule has 0 N–H and O–H groups in total. The van der Waals surface area contributed by atoms with E-state index < -0.39 is 0 Å². The van der Waals surface area contributed by atoms with Crippen LogP contribution in [0.15, 0.2) is 18.2 Å². The second-order valence-corrected chi connectivity index (χ2v) is 4.11. The first-order valence-electron chi connectivity index (χ1n) is 4.46.